The predicted molar refractivity (Wildman–Crippen MR) is 121 cm³/mol. The van der Waals surface area contributed by atoms with E-state index in [-0.39, 0.29) is 5.91 Å². The molecular weight excluding hydrogens is 388 g/mol. The maximum Gasteiger partial charge on any atom is 0.256 e. The number of aryl methyl sites for hydroxylation is 2. The van der Waals surface area contributed by atoms with E-state index in [1.165, 1.54) is 11.1 Å². The molecule has 1 aromatic carbocycles. The lowest BCUT2D eigenvalue weighted by Crippen LogP contribution is -2.34. The number of carbonyl (C=O) groups is 1. The number of hydrogen-bond acceptors (Lipinski definition) is 4. The number of nitrogens with zero attached hydrogens (tertiary/aromatic N) is 6. The van der Waals surface area contributed by atoms with Crippen molar-refractivity contribution in [2.24, 2.45) is 13.0 Å². The quantitative estimate of drug-likeness (QED) is 0.615. The van der Waals surface area contributed by atoms with Crippen LogP contribution in [0.1, 0.15) is 40.0 Å². The monoisotopic (exact) mass is 420 g/mol. The van der Waals surface area contributed by atoms with Gasteiger partial charge in [-0.25, -0.2) is 4.68 Å². The highest BCUT2D eigenvalue weighted by atomic mass is 16.2. The van der Waals surface area contributed by atoms with Crippen molar-refractivity contribution >= 4 is 5.91 Å². The second-order valence-electron chi connectivity index (χ2n) is 8.92. The van der Waals surface area contributed by atoms with Crippen LogP contribution in [0.4, 0.5) is 0 Å². The molecule has 1 aliphatic heterocycles. The average Bonchev–Trinajstić information content (AvgIpc) is 3.36. The molecule has 1 amide bonds. The Morgan fingerprint density at radius 2 is 1.84 bits per heavy atom. The van der Waals surface area contributed by atoms with Gasteiger partial charge in [-0.2, -0.15) is 10.2 Å². The van der Waals surface area contributed by atoms with Crippen LogP contribution in [-0.4, -0.2) is 62.5 Å². The highest BCUT2D eigenvalue weighted by molar-refractivity contribution is 5.94. The van der Waals surface area contributed by atoms with Gasteiger partial charge >= 0.3 is 0 Å². The second-order valence-corrected chi connectivity index (χ2v) is 8.92. The lowest BCUT2D eigenvalue weighted by atomic mass is 9.91. The van der Waals surface area contributed by atoms with Crippen LogP contribution in [-0.2, 0) is 20.0 Å². The number of rotatable bonds is 6. The van der Waals surface area contributed by atoms with Crippen LogP contribution in [0.5, 0.6) is 0 Å². The fourth-order valence-electron chi connectivity index (χ4n) is 4.27. The summed E-state index contributed by atoms with van der Waals surface area (Å²) in [7, 11) is 5.46. The highest BCUT2D eigenvalue weighted by Crippen LogP contribution is 2.24. The van der Waals surface area contributed by atoms with Gasteiger partial charge < -0.3 is 4.90 Å². The lowest BCUT2D eigenvalue weighted by molar-refractivity contribution is 0.0826. The number of piperidine rings is 1. The van der Waals surface area contributed by atoms with Crippen molar-refractivity contribution in [2.75, 3.05) is 27.2 Å². The van der Waals surface area contributed by atoms with E-state index >= 15 is 0 Å². The third-order valence-corrected chi connectivity index (χ3v) is 6.07. The number of hydrogen-bond donors (Lipinski definition) is 0. The van der Waals surface area contributed by atoms with Crippen LogP contribution in [0, 0.1) is 12.8 Å². The minimum absolute atomic E-state index is 0.0334. The molecule has 7 heteroatoms. The van der Waals surface area contributed by atoms with Crippen molar-refractivity contribution in [3.05, 3.63) is 65.2 Å². The Hall–Kier alpha value is -2.93. The Balaban J connectivity index is 1.32. The summed E-state index contributed by atoms with van der Waals surface area (Å²) < 4.78 is 3.71. The van der Waals surface area contributed by atoms with Gasteiger partial charge in [-0.3, -0.25) is 14.4 Å². The molecule has 1 fully saturated rings. The minimum atomic E-state index is 0.0334. The Morgan fingerprint density at radius 1 is 1.13 bits per heavy atom. The van der Waals surface area contributed by atoms with Crippen molar-refractivity contribution in [1.29, 1.82) is 0 Å². The number of carbonyl (C=O) groups excluding carboxylic acids is 1. The summed E-state index contributed by atoms with van der Waals surface area (Å²) in [5.41, 5.74) is 5.25. The zero-order valence-electron chi connectivity index (χ0n) is 19.0. The SMILES string of the molecule is Cc1ccc(-n2cc(CN3CCC(Cc4nn(C)cc4C(=O)N(C)C)CC3)cn2)cc1. The van der Waals surface area contributed by atoms with Gasteiger partial charge in [0.25, 0.3) is 5.91 Å². The Bertz CT molecular complexity index is 1020. The molecule has 164 valence electrons. The molecule has 0 radical (unpaired) electrons. The maximum atomic E-state index is 12.5. The topological polar surface area (TPSA) is 59.2 Å². The molecule has 0 spiro atoms. The number of likely N-dealkylation sites (tertiary alicyclic amines) is 1. The van der Waals surface area contributed by atoms with Gasteiger partial charge in [0.2, 0.25) is 0 Å². The maximum absolute atomic E-state index is 12.5. The Morgan fingerprint density at radius 3 is 2.52 bits per heavy atom. The van der Waals surface area contributed by atoms with Crippen molar-refractivity contribution in [3.63, 3.8) is 0 Å². The molecule has 0 bridgehead atoms. The van der Waals surface area contributed by atoms with E-state index in [4.69, 9.17) is 0 Å². The van der Waals surface area contributed by atoms with E-state index in [1.807, 2.05) is 24.1 Å². The van der Waals surface area contributed by atoms with Crippen molar-refractivity contribution in [3.8, 4) is 5.69 Å². The molecule has 1 aliphatic rings. The van der Waals surface area contributed by atoms with Gasteiger partial charge in [-0.1, -0.05) is 17.7 Å². The zero-order valence-corrected chi connectivity index (χ0v) is 19.0. The standard InChI is InChI=1S/C24H32N6O/c1-18-5-7-21(8-6-18)30-16-20(14-25-30)15-29-11-9-19(10-12-29)13-23-22(17-28(4)26-23)24(31)27(2)3/h5-8,14,16-17,19H,9-13,15H2,1-4H3. The number of benzene rings is 1. The Labute approximate surface area is 184 Å². The van der Waals surface area contributed by atoms with Crippen LogP contribution >= 0.6 is 0 Å². The van der Waals surface area contributed by atoms with Crippen molar-refractivity contribution in [2.45, 2.75) is 32.7 Å². The van der Waals surface area contributed by atoms with Crippen LogP contribution < -0.4 is 0 Å². The first-order chi connectivity index (χ1) is 14.9. The van der Waals surface area contributed by atoms with Gasteiger partial charge in [0, 0.05) is 45.6 Å². The second kappa shape index (κ2) is 9.06. The summed E-state index contributed by atoms with van der Waals surface area (Å²) in [5, 5.41) is 9.12. The predicted octanol–water partition coefficient (Wildman–Crippen LogP) is 3.07. The first-order valence-corrected chi connectivity index (χ1v) is 11.0. The van der Waals surface area contributed by atoms with E-state index < -0.39 is 0 Å². The first kappa shape index (κ1) is 21.3. The summed E-state index contributed by atoms with van der Waals surface area (Å²) in [5.74, 6) is 0.598. The molecule has 7 nitrogen and oxygen atoms in total. The fourth-order valence-corrected chi connectivity index (χ4v) is 4.27. The smallest absolute Gasteiger partial charge is 0.256 e. The fraction of sp³-hybridized carbons (Fsp3) is 0.458. The molecule has 0 atom stereocenters. The van der Waals surface area contributed by atoms with E-state index in [0.717, 1.165) is 55.8 Å². The molecule has 1 saturated heterocycles. The van der Waals surface area contributed by atoms with Crippen molar-refractivity contribution < 1.29 is 4.79 Å². The third-order valence-electron chi connectivity index (χ3n) is 6.07. The average molecular weight is 421 g/mol. The van der Waals surface area contributed by atoms with Gasteiger partial charge in [0.05, 0.1) is 23.1 Å². The van der Waals surface area contributed by atoms with E-state index in [9.17, 15) is 4.79 Å². The summed E-state index contributed by atoms with van der Waals surface area (Å²) in [6.07, 6.45) is 9.06. The van der Waals surface area contributed by atoms with Crippen LogP contribution in [0.25, 0.3) is 5.69 Å². The Kier molecular flexibility index (Phi) is 6.23. The van der Waals surface area contributed by atoms with Crippen LogP contribution in [0.3, 0.4) is 0 Å². The van der Waals surface area contributed by atoms with Gasteiger partial charge in [0.15, 0.2) is 0 Å². The summed E-state index contributed by atoms with van der Waals surface area (Å²) >= 11 is 0. The van der Waals surface area contributed by atoms with Crippen LogP contribution in [0.15, 0.2) is 42.9 Å². The molecule has 0 aliphatic carbocycles. The van der Waals surface area contributed by atoms with Gasteiger partial charge in [-0.15, -0.1) is 0 Å². The van der Waals surface area contributed by atoms with Gasteiger partial charge in [-0.05, 0) is 57.3 Å². The minimum Gasteiger partial charge on any atom is -0.345 e. The third kappa shape index (κ3) is 5.05. The summed E-state index contributed by atoms with van der Waals surface area (Å²) in [6, 6.07) is 8.43. The molecule has 3 heterocycles. The summed E-state index contributed by atoms with van der Waals surface area (Å²) in [6.45, 7) is 5.14. The molecule has 0 unspecified atom stereocenters. The van der Waals surface area contributed by atoms with E-state index in [0.29, 0.717) is 5.92 Å². The highest BCUT2D eigenvalue weighted by Gasteiger charge is 2.24. The number of aromatic nitrogens is 4. The molecular formula is C24H32N6O. The molecule has 0 saturated carbocycles. The molecule has 4 rings (SSSR count). The van der Waals surface area contributed by atoms with Crippen molar-refractivity contribution in [1.82, 2.24) is 29.4 Å². The number of amides is 1. The van der Waals surface area contributed by atoms with Gasteiger partial charge in [0.1, 0.15) is 0 Å². The molecule has 2 aromatic heterocycles. The normalized spacial score (nSPS) is 15.4. The van der Waals surface area contributed by atoms with E-state index in [2.05, 4.69) is 52.5 Å². The van der Waals surface area contributed by atoms with Crippen LogP contribution in [0.2, 0.25) is 0 Å². The molecule has 0 N–H and O–H groups in total. The largest absolute Gasteiger partial charge is 0.345 e. The lowest BCUT2D eigenvalue weighted by Gasteiger charge is -2.31. The van der Waals surface area contributed by atoms with E-state index in [1.54, 1.807) is 23.7 Å². The summed E-state index contributed by atoms with van der Waals surface area (Å²) in [4.78, 5) is 16.6. The molecule has 31 heavy (non-hydrogen) atoms. The first-order valence-electron chi connectivity index (χ1n) is 11.0. The molecule has 3 aromatic rings. The zero-order chi connectivity index (χ0) is 22.0.